The number of amides is 1. The molecule has 1 N–H and O–H groups in total. The molecule has 0 aliphatic heterocycles. The average Bonchev–Trinajstić information content (AvgIpc) is 2.74. The number of hydrogen-bond donors (Lipinski definition) is 1. The molecule has 148 valence electrons. The van der Waals surface area contributed by atoms with Crippen LogP contribution in [0.1, 0.15) is 6.92 Å². The Morgan fingerprint density at radius 2 is 1.59 bits per heavy atom. The van der Waals surface area contributed by atoms with Crippen molar-refractivity contribution in [2.24, 2.45) is 0 Å². The molecule has 0 aromatic heterocycles. The zero-order valence-electron chi connectivity index (χ0n) is 15.8. The largest absolute Gasteiger partial charge is 0.479 e. The fourth-order valence-corrected chi connectivity index (χ4v) is 2.68. The van der Waals surface area contributed by atoms with Gasteiger partial charge in [0, 0.05) is 11.3 Å². The van der Waals surface area contributed by atoms with E-state index in [1.807, 2.05) is 42.5 Å². The van der Waals surface area contributed by atoms with E-state index in [0.717, 1.165) is 11.1 Å². The van der Waals surface area contributed by atoms with Crippen molar-refractivity contribution < 1.29 is 23.5 Å². The molecule has 6 heteroatoms. The molecule has 0 fully saturated rings. The highest BCUT2D eigenvalue weighted by atomic mass is 19.1. The van der Waals surface area contributed by atoms with Gasteiger partial charge in [-0.05, 0) is 30.7 Å². The maximum Gasteiger partial charge on any atom is 0.344 e. The summed E-state index contributed by atoms with van der Waals surface area (Å²) in [5.74, 6) is -1.89. The summed E-state index contributed by atoms with van der Waals surface area (Å²) in [7, 11) is 0. The average molecular weight is 393 g/mol. The summed E-state index contributed by atoms with van der Waals surface area (Å²) in [4.78, 5) is 24.4. The van der Waals surface area contributed by atoms with E-state index in [1.54, 1.807) is 18.2 Å². The smallest absolute Gasteiger partial charge is 0.344 e. The lowest BCUT2D eigenvalue weighted by molar-refractivity contribution is -0.155. The van der Waals surface area contributed by atoms with Crippen LogP contribution < -0.4 is 10.1 Å². The molecule has 0 saturated carbocycles. The second kappa shape index (κ2) is 9.50. The molecule has 0 aliphatic carbocycles. The third-order valence-electron chi connectivity index (χ3n) is 4.13. The molecule has 0 radical (unpaired) electrons. The third kappa shape index (κ3) is 5.42. The van der Waals surface area contributed by atoms with Gasteiger partial charge in [-0.3, -0.25) is 4.79 Å². The summed E-state index contributed by atoms with van der Waals surface area (Å²) >= 11 is 0. The number of para-hydroxylation sites is 2. The molecule has 0 aliphatic rings. The van der Waals surface area contributed by atoms with Gasteiger partial charge in [0.05, 0.1) is 0 Å². The Labute approximate surface area is 168 Å². The van der Waals surface area contributed by atoms with Crippen LogP contribution in [0.3, 0.4) is 0 Å². The predicted molar refractivity (Wildman–Crippen MR) is 108 cm³/mol. The molecule has 1 amide bonds. The van der Waals surface area contributed by atoms with E-state index in [4.69, 9.17) is 9.47 Å². The van der Waals surface area contributed by atoms with Crippen LogP contribution in [0.2, 0.25) is 0 Å². The molecular formula is C23H20FNO4. The highest BCUT2D eigenvalue weighted by molar-refractivity contribution is 5.98. The van der Waals surface area contributed by atoms with Gasteiger partial charge >= 0.3 is 5.97 Å². The molecule has 3 aromatic rings. The van der Waals surface area contributed by atoms with Crippen LogP contribution in [0, 0.1) is 5.82 Å². The van der Waals surface area contributed by atoms with Gasteiger partial charge in [0.1, 0.15) is 0 Å². The molecule has 0 unspecified atom stereocenters. The molecule has 0 saturated heterocycles. The van der Waals surface area contributed by atoms with Crippen LogP contribution in [-0.4, -0.2) is 24.6 Å². The molecule has 0 heterocycles. The van der Waals surface area contributed by atoms with Crippen molar-refractivity contribution in [1.82, 2.24) is 0 Å². The normalized spacial score (nSPS) is 11.4. The van der Waals surface area contributed by atoms with Crippen molar-refractivity contribution >= 4 is 17.6 Å². The number of carbonyl (C=O) groups excluding carboxylic acids is 2. The van der Waals surface area contributed by atoms with Crippen LogP contribution in [-0.2, 0) is 14.3 Å². The Hall–Kier alpha value is -3.67. The molecule has 0 spiro atoms. The van der Waals surface area contributed by atoms with Gasteiger partial charge < -0.3 is 14.8 Å². The highest BCUT2D eigenvalue weighted by Gasteiger charge is 2.19. The van der Waals surface area contributed by atoms with E-state index >= 15 is 0 Å². The van der Waals surface area contributed by atoms with Gasteiger partial charge in [-0.25, -0.2) is 9.18 Å². The standard InChI is InChI=1S/C23H20FNO4/c1-16(29-22(26)15-28-21-14-8-6-12-19(21)24)23(27)25-20-13-7-5-11-18(20)17-9-3-2-4-10-17/h2-14,16H,15H2,1H3,(H,25,27)/t16-/m0/s1. The first-order chi connectivity index (χ1) is 14.0. The second-order valence-corrected chi connectivity index (χ2v) is 6.25. The first kappa shape index (κ1) is 20.1. The fourth-order valence-electron chi connectivity index (χ4n) is 2.68. The van der Waals surface area contributed by atoms with Crippen molar-refractivity contribution in [2.75, 3.05) is 11.9 Å². The number of nitrogens with one attached hydrogen (secondary N) is 1. The van der Waals surface area contributed by atoms with E-state index < -0.39 is 30.4 Å². The molecule has 0 bridgehead atoms. The van der Waals surface area contributed by atoms with E-state index in [9.17, 15) is 14.0 Å². The van der Waals surface area contributed by atoms with Crippen LogP contribution >= 0.6 is 0 Å². The molecular weight excluding hydrogens is 373 g/mol. The first-order valence-electron chi connectivity index (χ1n) is 9.06. The number of carbonyl (C=O) groups is 2. The molecule has 29 heavy (non-hydrogen) atoms. The van der Waals surface area contributed by atoms with E-state index in [2.05, 4.69) is 5.32 Å². The van der Waals surface area contributed by atoms with Crippen molar-refractivity contribution in [3.63, 3.8) is 0 Å². The van der Waals surface area contributed by atoms with Crippen LogP contribution in [0.4, 0.5) is 10.1 Å². The lowest BCUT2D eigenvalue weighted by atomic mass is 10.0. The van der Waals surface area contributed by atoms with E-state index in [1.165, 1.54) is 25.1 Å². The predicted octanol–water partition coefficient (Wildman–Crippen LogP) is 4.44. The Morgan fingerprint density at radius 3 is 2.34 bits per heavy atom. The SMILES string of the molecule is C[C@H](OC(=O)COc1ccccc1F)C(=O)Nc1ccccc1-c1ccccc1. The minimum atomic E-state index is -1.05. The minimum absolute atomic E-state index is 0.0571. The van der Waals surface area contributed by atoms with Gasteiger partial charge in [-0.1, -0.05) is 60.7 Å². The molecule has 1 atom stereocenters. The monoisotopic (exact) mass is 393 g/mol. The number of esters is 1. The lowest BCUT2D eigenvalue weighted by Crippen LogP contribution is -2.31. The van der Waals surface area contributed by atoms with E-state index in [0.29, 0.717) is 5.69 Å². The molecule has 5 nitrogen and oxygen atoms in total. The molecule has 3 aromatic carbocycles. The first-order valence-corrected chi connectivity index (χ1v) is 9.06. The van der Waals surface area contributed by atoms with Crippen LogP contribution in [0.15, 0.2) is 78.9 Å². The van der Waals surface area contributed by atoms with Gasteiger partial charge in [-0.2, -0.15) is 0 Å². The lowest BCUT2D eigenvalue weighted by Gasteiger charge is -2.16. The number of halogens is 1. The Morgan fingerprint density at radius 1 is 0.931 bits per heavy atom. The number of benzene rings is 3. The van der Waals surface area contributed by atoms with Crippen molar-refractivity contribution in [3.8, 4) is 16.9 Å². The number of hydrogen-bond acceptors (Lipinski definition) is 4. The van der Waals surface area contributed by atoms with Crippen LogP contribution in [0.25, 0.3) is 11.1 Å². The van der Waals surface area contributed by atoms with Gasteiger partial charge in [0.2, 0.25) is 0 Å². The number of rotatable bonds is 7. The van der Waals surface area contributed by atoms with Gasteiger partial charge in [0.25, 0.3) is 5.91 Å². The van der Waals surface area contributed by atoms with Crippen molar-refractivity contribution in [2.45, 2.75) is 13.0 Å². The summed E-state index contributed by atoms with van der Waals surface area (Å²) in [5.41, 5.74) is 2.41. The summed E-state index contributed by atoms with van der Waals surface area (Å²) in [6.07, 6.45) is -1.05. The highest BCUT2D eigenvalue weighted by Crippen LogP contribution is 2.27. The summed E-state index contributed by atoms with van der Waals surface area (Å²) in [6, 6.07) is 22.7. The summed E-state index contributed by atoms with van der Waals surface area (Å²) in [5, 5.41) is 2.78. The summed E-state index contributed by atoms with van der Waals surface area (Å²) in [6.45, 7) is 0.959. The topological polar surface area (TPSA) is 64.6 Å². The zero-order valence-corrected chi connectivity index (χ0v) is 15.8. The number of ether oxygens (including phenoxy) is 2. The molecule has 3 rings (SSSR count). The van der Waals surface area contributed by atoms with Crippen LogP contribution in [0.5, 0.6) is 5.75 Å². The Balaban J connectivity index is 1.59. The van der Waals surface area contributed by atoms with Crippen molar-refractivity contribution in [3.05, 3.63) is 84.7 Å². The quantitative estimate of drug-likeness (QED) is 0.603. The summed E-state index contributed by atoms with van der Waals surface area (Å²) < 4.78 is 23.7. The minimum Gasteiger partial charge on any atom is -0.479 e. The maximum atomic E-state index is 13.5. The Bertz CT molecular complexity index is 991. The van der Waals surface area contributed by atoms with Gasteiger partial charge in [-0.15, -0.1) is 0 Å². The van der Waals surface area contributed by atoms with Gasteiger partial charge in [0.15, 0.2) is 24.3 Å². The third-order valence-corrected chi connectivity index (χ3v) is 4.13. The number of anilines is 1. The second-order valence-electron chi connectivity index (χ2n) is 6.25. The fraction of sp³-hybridized carbons (Fsp3) is 0.130. The maximum absolute atomic E-state index is 13.5. The van der Waals surface area contributed by atoms with Crippen molar-refractivity contribution in [1.29, 1.82) is 0 Å². The zero-order chi connectivity index (χ0) is 20.6. The Kier molecular flexibility index (Phi) is 6.58. The van der Waals surface area contributed by atoms with E-state index in [-0.39, 0.29) is 5.75 Å².